The Hall–Kier alpha value is 2.07. The van der Waals surface area contributed by atoms with E-state index in [-0.39, 0.29) is 0 Å². The normalized spacial score (nSPS) is 23.4. The zero-order valence-corrected chi connectivity index (χ0v) is 44.3. The van der Waals surface area contributed by atoms with Crippen molar-refractivity contribution in [3.63, 3.8) is 0 Å². The lowest BCUT2D eigenvalue weighted by molar-refractivity contribution is 0.370. The Bertz CT molecular complexity index is 856. The molecule has 1 spiro atoms. The molecule has 8 nitrogen and oxygen atoms in total. The predicted molar refractivity (Wildman–Crippen MR) is 224 cm³/mol. The summed E-state index contributed by atoms with van der Waals surface area (Å²) in [6, 6.07) is 0. The van der Waals surface area contributed by atoms with Crippen LogP contribution >= 0.6 is 0 Å². The zero-order chi connectivity index (χ0) is 34.6. The Morgan fingerprint density at radius 2 is 0.419 bits per heavy atom. The maximum atomic E-state index is 4.66. The van der Waals surface area contributed by atoms with Crippen molar-refractivity contribution in [2.45, 2.75) is 157 Å². The van der Waals surface area contributed by atoms with Gasteiger partial charge >= 0.3 is 26.2 Å². The minimum absolute atomic E-state index is 1.67. The molecule has 0 amide bonds. The maximum Gasteiger partial charge on any atom is 0.336 e. The fraction of sp³-hybridized carbons (Fsp3) is 1.00. The van der Waals surface area contributed by atoms with Crippen LogP contribution in [0.2, 0.25) is 157 Å². The van der Waals surface area contributed by atoms with E-state index in [1.165, 1.54) is 0 Å². The number of hydrogen-bond acceptors (Lipinski definition) is 8. The van der Waals surface area contributed by atoms with Gasteiger partial charge in [-0.05, 0) is 0 Å². The molecule has 2 fully saturated rings. The summed E-state index contributed by atoms with van der Waals surface area (Å²) < 4.78 is 32.2. The quantitative estimate of drug-likeness (QED) is 0.166. The summed E-state index contributed by atoms with van der Waals surface area (Å²) in [7, 11) is -21.4. The van der Waals surface area contributed by atoms with E-state index in [1.54, 1.807) is 0 Å². The van der Waals surface area contributed by atoms with Crippen LogP contribution < -0.4 is 18.6 Å². The van der Waals surface area contributed by atoms with E-state index in [0.717, 1.165) is 0 Å². The molecule has 0 aromatic rings. The highest BCUT2D eigenvalue weighted by Crippen LogP contribution is 2.58. The summed E-state index contributed by atoms with van der Waals surface area (Å²) in [5, 5.41) is 0. The standard InChI is InChI=1S/C24H76N8Si11/c1-33(2,3)25-41(26-34(4,5)6)29(37(13,14)15)43(30(41)38(16,17)18)31(39(19,20)21)42(27-35(7,8)9,28-36(10,11)12)32(43)40(22,23)24/h25-28H,1-24H3. The largest absolute Gasteiger partial charge is 0.336 e. The second kappa shape index (κ2) is 11.6. The number of nitrogens with one attached hydrogen (secondary N) is 4. The molecule has 0 aromatic heterocycles. The number of hydrogen-bond donors (Lipinski definition) is 4. The van der Waals surface area contributed by atoms with Crippen molar-refractivity contribution in [1.29, 1.82) is 0 Å². The average molecular weight is 786 g/mol. The molecule has 0 radical (unpaired) electrons. The Morgan fingerprint density at radius 3 is 0.512 bits per heavy atom. The molecule has 0 unspecified atom stereocenters. The molecule has 43 heavy (non-hydrogen) atoms. The molecule has 2 aliphatic heterocycles. The molecule has 2 rings (SSSR count). The van der Waals surface area contributed by atoms with Crippen molar-refractivity contribution in [3.8, 4) is 0 Å². The van der Waals surface area contributed by atoms with Crippen LogP contribution in [0.1, 0.15) is 0 Å². The first-order valence-electron chi connectivity index (χ1n) is 16.7. The van der Waals surface area contributed by atoms with Gasteiger partial charge in [-0.2, -0.15) is 0 Å². The Labute approximate surface area is 281 Å². The Balaban J connectivity index is 3.30. The van der Waals surface area contributed by atoms with E-state index in [9.17, 15) is 0 Å². The summed E-state index contributed by atoms with van der Waals surface area (Å²) in [4.78, 5) is 0. The van der Waals surface area contributed by atoms with Crippen molar-refractivity contribution in [2.75, 3.05) is 0 Å². The van der Waals surface area contributed by atoms with E-state index >= 15 is 0 Å². The van der Waals surface area contributed by atoms with Crippen LogP contribution in [0.3, 0.4) is 0 Å². The summed E-state index contributed by atoms with van der Waals surface area (Å²) in [6.45, 7) is 62.9. The molecule has 2 heterocycles. The first kappa shape index (κ1) is 41.2. The van der Waals surface area contributed by atoms with Gasteiger partial charge in [0.1, 0.15) is 65.9 Å². The molecule has 0 saturated carbocycles. The molecule has 0 aliphatic carbocycles. The first-order chi connectivity index (χ1) is 18.3. The van der Waals surface area contributed by atoms with Gasteiger partial charge in [0.15, 0.2) is 0 Å². The van der Waals surface area contributed by atoms with Crippen LogP contribution in [0.4, 0.5) is 0 Å². The monoisotopic (exact) mass is 784 g/mol. The highest BCUT2D eigenvalue weighted by molar-refractivity contribution is 7.34. The highest BCUT2D eigenvalue weighted by atomic mass is 28.7. The van der Waals surface area contributed by atoms with Gasteiger partial charge in [-0.15, -0.1) is 0 Å². The summed E-state index contributed by atoms with van der Waals surface area (Å²) in [6.07, 6.45) is 0. The lowest BCUT2D eigenvalue weighted by atomic mass is 11.8. The fourth-order valence-electron chi connectivity index (χ4n) is 7.92. The van der Waals surface area contributed by atoms with Gasteiger partial charge in [0.2, 0.25) is 0 Å². The summed E-state index contributed by atoms with van der Waals surface area (Å²) >= 11 is 0. The van der Waals surface area contributed by atoms with Gasteiger partial charge in [0.05, 0.1) is 0 Å². The van der Waals surface area contributed by atoms with Crippen molar-refractivity contribution < 1.29 is 0 Å². The van der Waals surface area contributed by atoms with E-state index in [1.807, 2.05) is 0 Å². The van der Waals surface area contributed by atoms with Gasteiger partial charge < -0.3 is 18.6 Å². The second-order valence-electron chi connectivity index (χ2n) is 21.5. The molecule has 4 N–H and O–H groups in total. The van der Waals surface area contributed by atoms with Gasteiger partial charge in [-0.25, -0.2) is 0 Å². The minimum Gasteiger partial charge on any atom is -0.324 e. The van der Waals surface area contributed by atoms with Crippen LogP contribution in [0, 0.1) is 0 Å². The average Bonchev–Trinajstić information content (AvgIpc) is 2.47. The zero-order valence-electron chi connectivity index (χ0n) is 33.3. The predicted octanol–water partition coefficient (Wildman–Crippen LogP) is 6.57. The topological polar surface area (TPSA) is 61.1 Å². The third kappa shape index (κ3) is 8.11. The molecule has 19 heteroatoms. The van der Waals surface area contributed by atoms with Crippen molar-refractivity contribution in [2.24, 2.45) is 0 Å². The Kier molecular flexibility index (Phi) is 11.1. The minimum atomic E-state index is -2.48. The third-order valence-electron chi connectivity index (χ3n) is 7.37. The third-order valence-corrected chi connectivity index (χ3v) is 66.4. The van der Waals surface area contributed by atoms with Crippen LogP contribution in [0.25, 0.3) is 0 Å². The highest BCUT2D eigenvalue weighted by Gasteiger charge is 2.93. The molecule has 0 atom stereocenters. The van der Waals surface area contributed by atoms with Gasteiger partial charge in [-0.3, -0.25) is 15.6 Å². The smallest absolute Gasteiger partial charge is 0.324 e. The van der Waals surface area contributed by atoms with Gasteiger partial charge in [-0.1, -0.05) is 157 Å². The molecule has 256 valence electrons. The molecule has 0 bridgehead atoms. The molecular weight excluding hydrogens is 709 g/mol. The van der Waals surface area contributed by atoms with Crippen LogP contribution in [-0.2, 0) is 0 Å². The summed E-state index contributed by atoms with van der Waals surface area (Å²) in [5.74, 6) is 0. The van der Waals surface area contributed by atoms with Crippen LogP contribution in [0.5, 0.6) is 0 Å². The molecular formula is C24H76N8Si11. The summed E-state index contributed by atoms with van der Waals surface area (Å²) in [5.41, 5.74) is 0. The molecule has 2 aliphatic rings. The lowest BCUT2D eigenvalue weighted by Gasteiger charge is -2.91. The second-order valence-corrected chi connectivity index (χ2v) is 75.5. The fourth-order valence-corrected chi connectivity index (χ4v) is 93.1. The SMILES string of the molecule is C[Si](C)(C)N[Si]1(N[Si](C)(C)C)N([Si](C)(C)C)[Si]2(N1[Si](C)(C)C)N([Si](C)(C)C)[Si](N[Si](C)(C)C)(N[Si](C)(C)C)N2[Si](C)(C)C. The number of nitrogens with zero attached hydrogens (tertiary/aromatic N) is 4. The Morgan fingerprint density at radius 1 is 0.279 bits per heavy atom. The van der Waals surface area contributed by atoms with E-state index < -0.39 is 92.0 Å². The van der Waals surface area contributed by atoms with E-state index in [0.29, 0.717) is 0 Å². The van der Waals surface area contributed by atoms with Crippen molar-refractivity contribution in [3.05, 3.63) is 0 Å². The van der Waals surface area contributed by atoms with Crippen LogP contribution in [0.15, 0.2) is 0 Å². The van der Waals surface area contributed by atoms with Gasteiger partial charge in [0.25, 0.3) is 0 Å². The van der Waals surface area contributed by atoms with E-state index in [4.69, 9.17) is 0 Å². The lowest BCUT2D eigenvalue weighted by Crippen LogP contribution is -3.26. The van der Waals surface area contributed by atoms with E-state index in [2.05, 4.69) is 191 Å². The van der Waals surface area contributed by atoms with Gasteiger partial charge in [0, 0.05) is 0 Å². The first-order valence-corrected chi connectivity index (χ1v) is 50.0. The number of rotatable bonds is 12. The van der Waals surface area contributed by atoms with Crippen molar-refractivity contribution >= 4 is 92.0 Å². The van der Waals surface area contributed by atoms with Crippen LogP contribution in [-0.4, -0.2) is 108 Å². The maximum absolute atomic E-state index is 4.66. The van der Waals surface area contributed by atoms with Crippen molar-refractivity contribution in [1.82, 2.24) is 34.2 Å². The molecule has 2 saturated heterocycles. The molecule has 0 aromatic carbocycles.